The predicted octanol–water partition coefficient (Wildman–Crippen LogP) is 5.42. The first-order chi connectivity index (χ1) is 8.16. The SMILES string of the molecule is C=C(CCCCCCCCCCC)NC(C)C. The van der Waals surface area contributed by atoms with Gasteiger partial charge < -0.3 is 5.32 Å². The lowest BCUT2D eigenvalue weighted by atomic mass is 10.1. The van der Waals surface area contributed by atoms with E-state index in [0.29, 0.717) is 6.04 Å². The van der Waals surface area contributed by atoms with Crippen molar-refractivity contribution >= 4 is 0 Å². The van der Waals surface area contributed by atoms with E-state index in [4.69, 9.17) is 0 Å². The fraction of sp³-hybridized carbons (Fsp3) is 0.875. The second kappa shape index (κ2) is 12.0. The largest absolute Gasteiger partial charge is 0.387 e. The van der Waals surface area contributed by atoms with Crippen molar-refractivity contribution in [3.63, 3.8) is 0 Å². The molecule has 0 rings (SSSR count). The van der Waals surface area contributed by atoms with Gasteiger partial charge in [-0.15, -0.1) is 0 Å². The van der Waals surface area contributed by atoms with Crippen LogP contribution in [0.25, 0.3) is 0 Å². The standard InChI is InChI=1S/C16H33N/c1-5-6-7-8-9-10-11-12-13-14-16(4)17-15(2)3/h15,17H,4-14H2,1-3H3. The zero-order valence-corrected chi connectivity index (χ0v) is 12.4. The summed E-state index contributed by atoms with van der Waals surface area (Å²) in [4.78, 5) is 0. The first-order valence-corrected chi connectivity index (χ1v) is 7.61. The van der Waals surface area contributed by atoms with Crippen LogP contribution in [0.5, 0.6) is 0 Å². The van der Waals surface area contributed by atoms with E-state index in [0.717, 1.165) is 6.42 Å². The minimum absolute atomic E-state index is 0.529. The highest BCUT2D eigenvalue weighted by Gasteiger charge is 1.97. The third-order valence-electron chi connectivity index (χ3n) is 3.07. The first-order valence-electron chi connectivity index (χ1n) is 7.61. The van der Waals surface area contributed by atoms with E-state index in [-0.39, 0.29) is 0 Å². The lowest BCUT2D eigenvalue weighted by Gasteiger charge is -2.12. The molecule has 0 aliphatic heterocycles. The maximum atomic E-state index is 4.05. The minimum Gasteiger partial charge on any atom is -0.387 e. The molecule has 17 heavy (non-hydrogen) atoms. The van der Waals surface area contributed by atoms with Crippen molar-refractivity contribution in [3.8, 4) is 0 Å². The van der Waals surface area contributed by atoms with E-state index in [2.05, 4.69) is 32.7 Å². The highest BCUT2D eigenvalue weighted by atomic mass is 14.9. The molecule has 102 valence electrons. The second-order valence-corrected chi connectivity index (χ2v) is 5.48. The van der Waals surface area contributed by atoms with Gasteiger partial charge in [-0.05, 0) is 26.7 Å². The van der Waals surface area contributed by atoms with E-state index < -0.39 is 0 Å². The Morgan fingerprint density at radius 2 is 1.35 bits per heavy atom. The van der Waals surface area contributed by atoms with Crippen molar-refractivity contribution in [2.24, 2.45) is 0 Å². The van der Waals surface area contributed by atoms with Gasteiger partial charge in [0, 0.05) is 11.7 Å². The molecule has 0 spiro atoms. The summed E-state index contributed by atoms with van der Waals surface area (Å²) in [6.45, 7) is 10.7. The van der Waals surface area contributed by atoms with Gasteiger partial charge in [0.05, 0.1) is 0 Å². The second-order valence-electron chi connectivity index (χ2n) is 5.48. The molecule has 0 saturated carbocycles. The quantitative estimate of drug-likeness (QED) is 0.448. The van der Waals surface area contributed by atoms with Gasteiger partial charge in [0.1, 0.15) is 0 Å². The number of hydrogen-bond acceptors (Lipinski definition) is 1. The number of rotatable bonds is 12. The van der Waals surface area contributed by atoms with Crippen LogP contribution in [-0.2, 0) is 0 Å². The monoisotopic (exact) mass is 239 g/mol. The lowest BCUT2D eigenvalue weighted by molar-refractivity contribution is 0.555. The summed E-state index contributed by atoms with van der Waals surface area (Å²) in [6.07, 6.45) is 13.7. The average Bonchev–Trinajstić information content (AvgIpc) is 2.26. The summed E-state index contributed by atoms with van der Waals surface area (Å²) < 4.78 is 0. The van der Waals surface area contributed by atoms with Crippen LogP contribution in [0.4, 0.5) is 0 Å². The first kappa shape index (κ1) is 16.5. The fourth-order valence-corrected chi connectivity index (χ4v) is 2.13. The normalized spacial score (nSPS) is 10.8. The van der Waals surface area contributed by atoms with E-state index in [9.17, 15) is 0 Å². The summed E-state index contributed by atoms with van der Waals surface area (Å²) in [5.41, 5.74) is 1.21. The van der Waals surface area contributed by atoms with Crippen LogP contribution in [0.15, 0.2) is 12.3 Å². The number of hydrogen-bond donors (Lipinski definition) is 1. The molecule has 0 aliphatic rings. The molecule has 0 unspecified atom stereocenters. The van der Waals surface area contributed by atoms with Gasteiger partial charge in [0.25, 0.3) is 0 Å². The van der Waals surface area contributed by atoms with Crippen LogP contribution in [0, 0.1) is 0 Å². The summed E-state index contributed by atoms with van der Waals surface area (Å²) in [6, 6.07) is 0.529. The smallest absolute Gasteiger partial charge is 0.0201 e. The van der Waals surface area contributed by atoms with E-state index in [1.54, 1.807) is 0 Å². The number of allylic oxidation sites excluding steroid dienone is 1. The topological polar surface area (TPSA) is 12.0 Å². The molecule has 1 heteroatoms. The Morgan fingerprint density at radius 3 is 1.82 bits per heavy atom. The molecule has 0 aromatic carbocycles. The van der Waals surface area contributed by atoms with Crippen LogP contribution in [0.3, 0.4) is 0 Å². The predicted molar refractivity (Wildman–Crippen MR) is 79.3 cm³/mol. The zero-order valence-electron chi connectivity index (χ0n) is 12.4. The number of unbranched alkanes of at least 4 members (excludes halogenated alkanes) is 8. The molecule has 0 bridgehead atoms. The maximum absolute atomic E-state index is 4.05. The van der Waals surface area contributed by atoms with Crippen molar-refractivity contribution in [2.75, 3.05) is 0 Å². The van der Waals surface area contributed by atoms with E-state index >= 15 is 0 Å². The molecule has 0 radical (unpaired) electrons. The molecule has 0 aromatic heterocycles. The molecule has 0 heterocycles. The van der Waals surface area contributed by atoms with Crippen molar-refractivity contribution < 1.29 is 0 Å². The Kier molecular flexibility index (Phi) is 11.7. The average molecular weight is 239 g/mol. The Morgan fingerprint density at radius 1 is 0.882 bits per heavy atom. The van der Waals surface area contributed by atoms with Crippen LogP contribution < -0.4 is 5.32 Å². The van der Waals surface area contributed by atoms with Crippen molar-refractivity contribution in [1.82, 2.24) is 5.32 Å². The van der Waals surface area contributed by atoms with Crippen LogP contribution in [0.2, 0.25) is 0 Å². The van der Waals surface area contributed by atoms with Gasteiger partial charge >= 0.3 is 0 Å². The van der Waals surface area contributed by atoms with E-state index in [1.165, 1.54) is 63.5 Å². The minimum atomic E-state index is 0.529. The fourth-order valence-electron chi connectivity index (χ4n) is 2.13. The number of nitrogens with one attached hydrogen (secondary N) is 1. The van der Waals surface area contributed by atoms with Gasteiger partial charge in [0.15, 0.2) is 0 Å². The van der Waals surface area contributed by atoms with Crippen molar-refractivity contribution in [2.45, 2.75) is 91.0 Å². The van der Waals surface area contributed by atoms with Gasteiger partial charge in [0.2, 0.25) is 0 Å². The highest BCUT2D eigenvalue weighted by molar-refractivity contribution is 4.91. The Labute approximate surface area is 109 Å². The molecule has 0 aliphatic carbocycles. The lowest BCUT2D eigenvalue weighted by Crippen LogP contribution is -2.21. The maximum Gasteiger partial charge on any atom is 0.0201 e. The van der Waals surface area contributed by atoms with Gasteiger partial charge in [-0.3, -0.25) is 0 Å². The third kappa shape index (κ3) is 13.5. The highest BCUT2D eigenvalue weighted by Crippen LogP contribution is 2.11. The van der Waals surface area contributed by atoms with Crippen molar-refractivity contribution in [1.29, 1.82) is 0 Å². The van der Waals surface area contributed by atoms with Crippen LogP contribution in [-0.4, -0.2) is 6.04 Å². The summed E-state index contributed by atoms with van der Waals surface area (Å²) in [5.74, 6) is 0. The molecule has 0 aromatic rings. The molecular weight excluding hydrogens is 206 g/mol. The zero-order chi connectivity index (χ0) is 12.9. The summed E-state index contributed by atoms with van der Waals surface area (Å²) in [7, 11) is 0. The molecule has 1 nitrogen and oxygen atoms in total. The van der Waals surface area contributed by atoms with Gasteiger partial charge in [-0.1, -0.05) is 64.9 Å². The molecule has 0 atom stereocenters. The molecule has 0 saturated heterocycles. The Balaban J connectivity index is 3.10. The van der Waals surface area contributed by atoms with Crippen LogP contribution in [0.1, 0.15) is 85.0 Å². The third-order valence-corrected chi connectivity index (χ3v) is 3.07. The van der Waals surface area contributed by atoms with Crippen LogP contribution >= 0.6 is 0 Å². The molecule has 1 N–H and O–H groups in total. The molecule has 0 fully saturated rings. The molecular formula is C16H33N. The summed E-state index contributed by atoms with van der Waals surface area (Å²) in [5, 5.41) is 3.37. The Hall–Kier alpha value is -0.460. The van der Waals surface area contributed by atoms with E-state index in [1.807, 2.05) is 0 Å². The summed E-state index contributed by atoms with van der Waals surface area (Å²) >= 11 is 0. The van der Waals surface area contributed by atoms with Gasteiger partial charge in [-0.25, -0.2) is 0 Å². The van der Waals surface area contributed by atoms with Gasteiger partial charge in [-0.2, -0.15) is 0 Å². The Bertz CT molecular complexity index is 172. The molecule has 0 amide bonds. The van der Waals surface area contributed by atoms with Crippen molar-refractivity contribution in [3.05, 3.63) is 12.3 Å².